The summed E-state index contributed by atoms with van der Waals surface area (Å²) in [6.45, 7) is 0. The van der Waals surface area contributed by atoms with Crippen LogP contribution in [0.1, 0.15) is 0 Å². The van der Waals surface area contributed by atoms with Gasteiger partial charge in [0.15, 0.2) is 5.76 Å². The van der Waals surface area contributed by atoms with Gasteiger partial charge in [0.25, 0.3) is 0 Å². The molecule has 112 valence electrons. The number of benzene rings is 1. The normalized spacial score (nSPS) is 9.74. The molecule has 3 aromatic heterocycles. The van der Waals surface area contributed by atoms with E-state index in [-0.39, 0.29) is 0 Å². The van der Waals surface area contributed by atoms with Gasteiger partial charge in [0.2, 0.25) is 5.89 Å². The van der Waals surface area contributed by atoms with Gasteiger partial charge in [-0.15, -0.1) is 0 Å². The maximum absolute atomic E-state index is 5.72. The minimum atomic E-state index is 0.617. The number of pyridine rings is 2. The summed E-state index contributed by atoms with van der Waals surface area (Å²) in [6, 6.07) is 19.4. The fourth-order valence-electron chi connectivity index (χ4n) is 1.95. The Hall–Kier alpha value is -3.27. The van der Waals surface area contributed by atoms with E-state index in [1.165, 1.54) is 0 Å². The van der Waals surface area contributed by atoms with E-state index in [2.05, 4.69) is 15.0 Å². The Bertz CT molecular complexity index is 734. The number of nitrogens with zero attached hydrogens (tertiary/aromatic N) is 3. The summed E-state index contributed by atoms with van der Waals surface area (Å²) in [5, 5.41) is 0. The Morgan fingerprint density at radius 2 is 1.26 bits per heavy atom. The first-order valence-electron chi connectivity index (χ1n) is 7.20. The summed E-state index contributed by atoms with van der Waals surface area (Å²) in [6.07, 6.45) is 8.69. The van der Waals surface area contributed by atoms with Crippen LogP contribution in [0.3, 0.4) is 0 Å². The van der Waals surface area contributed by atoms with E-state index >= 15 is 0 Å². The lowest BCUT2D eigenvalue weighted by Gasteiger charge is -1.95. The third-order valence-electron chi connectivity index (χ3n) is 3.06. The molecule has 0 aliphatic carbocycles. The van der Waals surface area contributed by atoms with Crippen LogP contribution in [0.5, 0.6) is 0 Å². The lowest BCUT2D eigenvalue weighted by atomic mass is 10.2. The van der Waals surface area contributed by atoms with E-state index in [1.54, 1.807) is 31.0 Å². The average molecular weight is 301 g/mol. The average Bonchev–Trinajstić information content (AvgIpc) is 3.15. The number of rotatable bonds is 2. The highest BCUT2D eigenvalue weighted by Crippen LogP contribution is 2.25. The smallest absolute Gasteiger partial charge is 0.226 e. The first-order chi connectivity index (χ1) is 11.4. The van der Waals surface area contributed by atoms with Crippen molar-refractivity contribution in [3.8, 4) is 22.8 Å². The van der Waals surface area contributed by atoms with Gasteiger partial charge in [-0.25, -0.2) is 4.98 Å². The molecule has 4 aromatic rings. The van der Waals surface area contributed by atoms with Gasteiger partial charge in [0.05, 0.1) is 6.20 Å². The third-order valence-corrected chi connectivity index (χ3v) is 3.06. The quantitative estimate of drug-likeness (QED) is 0.547. The summed E-state index contributed by atoms with van der Waals surface area (Å²) in [4.78, 5) is 12.0. The van der Waals surface area contributed by atoms with Crippen LogP contribution < -0.4 is 0 Å². The van der Waals surface area contributed by atoms with Crippen molar-refractivity contribution >= 4 is 0 Å². The fraction of sp³-hybridized carbons (Fsp3) is 0. The Balaban J connectivity index is 0.000000220. The molecule has 0 radical (unpaired) electrons. The molecule has 1 aromatic carbocycles. The molecular formula is C19H15N3O. The van der Waals surface area contributed by atoms with E-state index in [0.717, 1.165) is 16.9 Å². The lowest BCUT2D eigenvalue weighted by Crippen LogP contribution is -1.76. The number of aromatic nitrogens is 3. The van der Waals surface area contributed by atoms with Crippen molar-refractivity contribution < 1.29 is 4.42 Å². The predicted molar refractivity (Wildman–Crippen MR) is 89.4 cm³/mol. The molecule has 0 bridgehead atoms. The van der Waals surface area contributed by atoms with Crippen molar-refractivity contribution in [1.82, 2.24) is 15.0 Å². The number of oxazole rings is 1. The molecule has 23 heavy (non-hydrogen) atoms. The van der Waals surface area contributed by atoms with Gasteiger partial charge in [0.1, 0.15) is 0 Å². The summed E-state index contributed by atoms with van der Waals surface area (Å²) >= 11 is 0. The largest absolute Gasteiger partial charge is 0.436 e. The Morgan fingerprint density at radius 3 is 1.87 bits per heavy atom. The van der Waals surface area contributed by atoms with Gasteiger partial charge in [0, 0.05) is 35.9 Å². The fourth-order valence-corrected chi connectivity index (χ4v) is 1.95. The Labute approximate surface area is 134 Å². The molecule has 4 rings (SSSR count). The molecule has 3 heterocycles. The van der Waals surface area contributed by atoms with Crippen LogP contribution in [0.2, 0.25) is 0 Å². The summed E-state index contributed by atoms with van der Waals surface area (Å²) < 4.78 is 5.72. The van der Waals surface area contributed by atoms with Crippen molar-refractivity contribution in [3.05, 3.63) is 91.6 Å². The molecule has 0 spiro atoms. The zero-order valence-corrected chi connectivity index (χ0v) is 12.4. The minimum absolute atomic E-state index is 0.617. The second-order valence-electron chi connectivity index (χ2n) is 4.66. The number of hydrogen-bond donors (Lipinski definition) is 0. The van der Waals surface area contributed by atoms with Crippen LogP contribution in [0.25, 0.3) is 22.8 Å². The highest BCUT2D eigenvalue weighted by molar-refractivity contribution is 5.60. The van der Waals surface area contributed by atoms with Crippen LogP contribution >= 0.6 is 0 Å². The van der Waals surface area contributed by atoms with Crippen LogP contribution in [-0.2, 0) is 0 Å². The van der Waals surface area contributed by atoms with Crippen molar-refractivity contribution in [3.63, 3.8) is 0 Å². The van der Waals surface area contributed by atoms with Crippen molar-refractivity contribution in [2.24, 2.45) is 0 Å². The van der Waals surface area contributed by atoms with Gasteiger partial charge >= 0.3 is 0 Å². The highest BCUT2D eigenvalue weighted by Gasteiger charge is 2.07. The maximum atomic E-state index is 5.72. The van der Waals surface area contributed by atoms with E-state index in [1.807, 2.05) is 60.7 Å². The second-order valence-corrected chi connectivity index (χ2v) is 4.66. The van der Waals surface area contributed by atoms with Crippen LogP contribution in [0.4, 0.5) is 0 Å². The zero-order valence-electron chi connectivity index (χ0n) is 12.4. The summed E-state index contributed by atoms with van der Waals surface area (Å²) in [5.74, 6) is 1.39. The summed E-state index contributed by atoms with van der Waals surface area (Å²) in [7, 11) is 0. The SMILES string of the molecule is c1ccc(-c2cnc(-c3ccncc3)o2)cc1.c1ccncc1. The van der Waals surface area contributed by atoms with Gasteiger partial charge in [-0.1, -0.05) is 36.4 Å². The molecule has 0 aliphatic rings. The molecule has 4 heteroatoms. The molecule has 4 nitrogen and oxygen atoms in total. The van der Waals surface area contributed by atoms with Gasteiger partial charge < -0.3 is 4.42 Å². The van der Waals surface area contributed by atoms with Crippen LogP contribution in [0.15, 0.2) is 96.1 Å². The first-order valence-corrected chi connectivity index (χ1v) is 7.20. The van der Waals surface area contributed by atoms with Crippen molar-refractivity contribution in [1.29, 1.82) is 0 Å². The summed E-state index contributed by atoms with van der Waals surface area (Å²) in [5.41, 5.74) is 1.96. The molecule has 0 saturated heterocycles. The molecule has 0 saturated carbocycles. The predicted octanol–water partition coefficient (Wildman–Crippen LogP) is 4.49. The van der Waals surface area contributed by atoms with Gasteiger partial charge in [-0.05, 0) is 24.3 Å². The van der Waals surface area contributed by atoms with Gasteiger partial charge in [-0.3, -0.25) is 9.97 Å². The highest BCUT2D eigenvalue weighted by atomic mass is 16.4. The lowest BCUT2D eigenvalue weighted by molar-refractivity contribution is 0.589. The molecule has 0 aliphatic heterocycles. The second kappa shape index (κ2) is 7.66. The van der Waals surface area contributed by atoms with Crippen LogP contribution in [0, 0.1) is 0 Å². The molecule has 0 unspecified atom stereocenters. The molecule has 0 atom stereocenters. The topological polar surface area (TPSA) is 51.8 Å². The maximum Gasteiger partial charge on any atom is 0.226 e. The third kappa shape index (κ3) is 4.11. The monoisotopic (exact) mass is 301 g/mol. The van der Waals surface area contributed by atoms with Crippen molar-refractivity contribution in [2.75, 3.05) is 0 Å². The van der Waals surface area contributed by atoms with Crippen molar-refractivity contribution in [2.45, 2.75) is 0 Å². The first kappa shape index (κ1) is 14.7. The van der Waals surface area contributed by atoms with E-state index in [4.69, 9.17) is 4.42 Å². The van der Waals surface area contributed by atoms with E-state index < -0.39 is 0 Å². The molecular weight excluding hydrogens is 286 g/mol. The molecule has 0 N–H and O–H groups in total. The minimum Gasteiger partial charge on any atom is -0.436 e. The van der Waals surface area contributed by atoms with E-state index in [0.29, 0.717) is 5.89 Å². The Morgan fingerprint density at radius 1 is 0.609 bits per heavy atom. The van der Waals surface area contributed by atoms with Crippen LogP contribution in [-0.4, -0.2) is 15.0 Å². The Kier molecular flexibility index (Phi) is 4.88. The molecule has 0 amide bonds. The zero-order chi connectivity index (χ0) is 15.7. The van der Waals surface area contributed by atoms with Gasteiger partial charge in [-0.2, -0.15) is 0 Å². The standard InChI is InChI=1S/C14H10N2O.C5H5N/c1-2-4-11(5-3-1)13-10-16-14(17-13)12-6-8-15-9-7-12;1-2-4-6-5-3-1/h1-10H;1-5H. The molecule has 0 fully saturated rings. The number of hydrogen-bond acceptors (Lipinski definition) is 4. The van der Waals surface area contributed by atoms with E-state index in [9.17, 15) is 0 Å².